The normalized spacial score (nSPS) is 18.7. The zero-order chi connectivity index (χ0) is 8.39. The van der Waals surface area contributed by atoms with E-state index in [2.05, 4.69) is 15.5 Å². The van der Waals surface area contributed by atoms with Crippen molar-refractivity contribution in [2.24, 2.45) is 5.10 Å². The SMILES string of the molecule is O=C1NN=CC1=Cc1ccc[nH]1. The van der Waals surface area contributed by atoms with Gasteiger partial charge in [-0.1, -0.05) is 0 Å². The summed E-state index contributed by atoms with van der Waals surface area (Å²) in [5, 5.41) is 3.62. The fourth-order valence-electron chi connectivity index (χ4n) is 0.988. The lowest BCUT2D eigenvalue weighted by Crippen LogP contribution is -2.11. The highest BCUT2D eigenvalue weighted by Crippen LogP contribution is 2.05. The summed E-state index contributed by atoms with van der Waals surface area (Å²) in [7, 11) is 0. The highest BCUT2D eigenvalue weighted by atomic mass is 16.2. The van der Waals surface area contributed by atoms with Crippen molar-refractivity contribution in [1.82, 2.24) is 10.4 Å². The smallest absolute Gasteiger partial charge is 0.273 e. The molecule has 0 atom stereocenters. The molecule has 0 aromatic carbocycles. The molecule has 0 saturated heterocycles. The Morgan fingerprint density at radius 3 is 3.00 bits per heavy atom. The maximum Gasteiger partial charge on any atom is 0.273 e. The van der Waals surface area contributed by atoms with Crippen LogP contribution in [-0.2, 0) is 4.79 Å². The van der Waals surface area contributed by atoms with Crippen LogP contribution in [0.5, 0.6) is 0 Å². The van der Waals surface area contributed by atoms with Crippen LogP contribution in [0, 0.1) is 0 Å². The van der Waals surface area contributed by atoms with Gasteiger partial charge in [-0.2, -0.15) is 5.10 Å². The molecule has 12 heavy (non-hydrogen) atoms. The van der Waals surface area contributed by atoms with Gasteiger partial charge in [-0.05, 0) is 18.2 Å². The fourth-order valence-corrected chi connectivity index (χ4v) is 0.988. The van der Waals surface area contributed by atoms with Crippen LogP contribution in [0.4, 0.5) is 0 Å². The number of aromatic nitrogens is 1. The van der Waals surface area contributed by atoms with E-state index in [0.29, 0.717) is 5.57 Å². The van der Waals surface area contributed by atoms with Crippen LogP contribution in [-0.4, -0.2) is 17.1 Å². The van der Waals surface area contributed by atoms with Crippen LogP contribution in [0.15, 0.2) is 29.0 Å². The summed E-state index contributed by atoms with van der Waals surface area (Å²) in [4.78, 5) is 13.9. The van der Waals surface area contributed by atoms with E-state index in [1.165, 1.54) is 6.21 Å². The van der Waals surface area contributed by atoms with E-state index in [9.17, 15) is 4.79 Å². The van der Waals surface area contributed by atoms with Gasteiger partial charge in [0.15, 0.2) is 0 Å². The first-order valence-electron chi connectivity index (χ1n) is 3.55. The average Bonchev–Trinajstić information content (AvgIpc) is 2.65. The van der Waals surface area contributed by atoms with Gasteiger partial charge in [-0.15, -0.1) is 0 Å². The standard InChI is InChI=1S/C8H7N3O/c12-8-6(5-10-11-8)4-7-2-1-3-9-7/h1-5,9H,(H,11,12). The maximum atomic E-state index is 11.0. The Hall–Kier alpha value is -1.84. The quantitative estimate of drug-likeness (QED) is 0.579. The second-order valence-corrected chi connectivity index (χ2v) is 2.42. The number of H-pyrrole nitrogens is 1. The van der Waals surface area contributed by atoms with Gasteiger partial charge in [0.2, 0.25) is 0 Å². The lowest BCUT2D eigenvalue weighted by Gasteiger charge is -1.88. The van der Waals surface area contributed by atoms with Crippen molar-refractivity contribution >= 4 is 18.2 Å². The molecule has 2 rings (SSSR count). The molecule has 1 aromatic heterocycles. The van der Waals surface area contributed by atoms with E-state index in [4.69, 9.17) is 0 Å². The molecule has 1 aromatic rings. The summed E-state index contributed by atoms with van der Waals surface area (Å²) in [6, 6.07) is 3.75. The average molecular weight is 161 g/mol. The predicted octanol–water partition coefficient (Wildman–Crippen LogP) is 0.514. The number of aromatic amines is 1. The Morgan fingerprint density at radius 2 is 2.42 bits per heavy atom. The van der Waals surface area contributed by atoms with Crippen LogP contribution >= 0.6 is 0 Å². The van der Waals surface area contributed by atoms with E-state index >= 15 is 0 Å². The molecule has 4 nitrogen and oxygen atoms in total. The van der Waals surface area contributed by atoms with Crippen LogP contribution < -0.4 is 5.43 Å². The number of carbonyl (C=O) groups is 1. The van der Waals surface area contributed by atoms with E-state index in [0.717, 1.165) is 5.69 Å². The highest BCUT2D eigenvalue weighted by Gasteiger charge is 2.11. The van der Waals surface area contributed by atoms with E-state index in [-0.39, 0.29) is 5.91 Å². The molecule has 1 aliphatic rings. The van der Waals surface area contributed by atoms with Crippen molar-refractivity contribution in [3.05, 3.63) is 29.6 Å². The molecule has 60 valence electrons. The van der Waals surface area contributed by atoms with Crippen molar-refractivity contribution < 1.29 is 4.79 Å². The lowest BCUT2D eigenvalue weighted by molar-refractivity contribution is -0.116. The molecule has 0 unspecified atom stereocenters. The van der Waals surface area contributed by atoms with Gasteiger partial charge < -0.3 is 4.98 Å². The number of nitrogens with zero attached hydrogens (tertiary/aromatic N) is 1. The maximum absolute atomic E-state index is 11.0. The van der Waals surface area contributed by atoms with Crippen LogP contribution in [0.25, 0.3) is 6.08 Å². The molecule has 0 bridgehead atoms. The Labute approximate surface area is 69.0 Å². The molecule has 4 heteroatoms. The van der Waals surface area contributed by atoms with Gasteiger partial charge in [0.05, 0.1) is 11.8 Å². The van der Waals surface area contributed by atoms with Gasteiger partial charge in [0, 0.05) is 11.9 Å². The highest BCUT2D eigenvalue weighted by molar-refractivity contribution is 6.18. The summed E-state index contributed by atoms with van der Waals surface area (Å²) in [5.41, 5.74) is 3.79. The van der Waals surface area contributed by atoms with E-state index < -0.39 is 0 Å². The van der Waals surface area contributed by atoms with Crippen molar-refractivity contribution in [2.75, 3.05) is 0 Å². The second kappa shape index (κ2) is 2.65. The minimum Gasteiger partial charge on any atom is -0.362 e. The predicted molar refractivity (Wildman–Crippen MR) is 45.4 cm³/mol. The van der Waals surface area contributed by atoms with Gasteiger partial charge in [-0.25, -0.2) is 5.43 Å². The Morgan fingerprint density at radius 1 is 1.50 bits per heavy atom. The van der Waals surface area contributed by atoms with Crippen molar-refractivity contribution in [3.8, 4) is 0 Å². The zero-order valence-electron chi connectivity index (χ0n) is 6.24. The molecular formula is C8H7N3O. The monoisotopic (exact) mass is 161 g/mol. The van der Waals surface area contributed by atoms with Crippen molar-refractivity contribution in [3.63, 3.8) is 0 Å². The van der Waals surface area contributed by atoms with Crippen molar-refractivity contribution in [1.29, 1.82) is 0 Å². The molecular weight excluding hydrogens is 154 g/mol. The van der Waals surface area contributed by atoms with Gasteiger partial charge in [0.25, 0.3) is 5.91 Å². The molecule has 0 aliphatic carbocycles. The molecule has 2 heterocycles. The Bertz CT molecular complexity index is 348. The second-order valence-electron chi connectivity index (χ2n) is 2.42. The minimum atomic E-state index is -0.162. The van der Waals surface area contributed by atoms with Crippen molar-refractivity contribution in [2.45, 2.75) is 0 Å². The molecule has 1 amide bonds. The number of hydrogen-bond donors (Lipinski definition) is 2. The first kappa shape index (κ1) is 6.84. The summed E-state index contributed by atoms with van der Waals surface area (Å²) in [6.45, 7) is 0. The van der Waals surface area contributed by atoms with Gasteiger partial charge in [-0.3, -0.25) is 4.79 Å². The third-order valence-corrected chi connectivity index (χ3v) is 1.56. The fraction of sp³-hybridized carbons (Fsp3) is 0. The van der Waals surface area contributed by atoms with E-state index in [1.807, 2.05) is 12.1 Å². The molecule has 0 saturated carbocycles. The first-order chi connectivity index (χ1) is 5.86. The Kier molecular flexibility index (Phi) is 1.51. The van der Waals surface area contributed by atoms with Gasteiger partial charge in [0.1, 0.15) is 0 Å². The summed E-state index contributed by atoms with van der Waals surface area (Å²) >= 11 is 0. The molecule has 0 fully saturated rings. The third kappa shape index (κ3) is 1.14. The number of carbonyl (C=O) groups excluding carboxylic acids is 1. The third-order valence-electron chi connectivity index (χ3n) is 1.56. The van der Waals surface area contributed by atoms with Crippen LogP contribution in [0.3, 0.4) is 0 Å². The number of amides is 1. The zero-order valence-corrected chi connectivity index (χ0v) is 6.24. The molecule has 0 spiro atoms. The largest absolute Gasteiger partial charge is 0.362 e. The minimum absolute atomic E-state index is 0.162. The number of hydrogen-bond acceptors (Lipinski definition) is 2. The Balaban J connectivity index is 2.29. The summed E-state index contributed by atoms with van der Waals surface area (Å²) in [5.74, 6) is -0.162. The topological polar surface area (TPSA) is 57.2 Å². The molecule has 2 N–H and O–H groups in total. The number of hydrazone groups is 1. The molecule has 0 radical (unpaired) electrons. The van der Waals surface area contributed by atoms with Gasteiger partial charge >= 0.3 is 0 Å². The summed E-state index contributed by atoms with van der Waals surface area (Å²) < 4.78 is 0. The molecule has 1 aliphatic heterocycles. The van der Waals surface area contributed by atoms with E-state index in [1.54, 1.807) is 12.3 Å². The lowest BCUT2D eigenvalue weighted by atomic mass is 10.2. The van der Waals surface area contributed by atoms with Crippen LogP contribution in [0.1, 0.15) is 5.69 Å². The van der Waals surface area contributed by atoms with Crippen LogP contribution in [0.2, 0.25) is 0 Å². The summed E-state index contributed by atoms with van der Waals surface area (Å²) in [6.07, 6.45) is 5.05. The number of nitrogens with one attached hydrogen (secondary N) is 2. The number of rotatable bonds is 1. The first-order valence-corrected chi connectivity index (χ1v) is 3.55.